The maximum absolute atomic E-state index is 14.3. The summed E-state index contributed by atoms with van der Waals surface area (Å²) in [5.74, 6) is -8.17. The first-order valence-electron chi connectivity index (χ1n) is 11.4. The third-order valence-electron chi connectivity index (χ3n) is 7.62. The molecule has 1 unspecified atom stereocenters. The SMILES string of the molecule is CCOC(=O)C(CC(=O)C12CC3CC(CC(C3)C1)C2)(OCCC(F)(F)C(F)(F)S(=O)(=O)O)C(F)(F)F. The molecule has 36 heavy (non-hydrogen) atoms. The van der Waals surface area contributed by atoms with E-state index in [-0.39, 0.29) is 17.8 Å². The standard InChI is InChI=1S/C21H27F7O7S/c1-2-34-16(30)18(20(24,25)26,35-4-3-19(22,23)21(27,28)36(31,32)33)11-15(29)17-8-12-5-13(9-17)7-14(6-12)10-17/h12-14H,2-11H2,1H3,(H,31,32,33). The lowest BCUT2D eigenvalue weighted by atomic mass is 9.48. The first kappa shape index (κ1) is 29.1. The maximum atomic E-state index is 14.3. The van der Waals surface area contributed by atoms with Gasteiger partial charge in [-0.1, -0.05) is 0 Å². The highest BCUT2D eigenvalue weighted by atomic mass is 32.2. The van der Waals surface area contributed by atoms with Crippen LogP contribution in [0.2, 0.25) is 0 Å². The van der Waals surface area contributed by atoms with Crippen LogP contribution in [0.3, 0.4) is 0 Å². The molecule has 0 radical (unpaired) electrons. The number of alkyl halides is 7. The zero-order valence-corrected chi connectivity index (χ0v) is 20.1. The van der Waals surface area contributed by atoms with E-state index in [4.69, 9.17) is 4.55 Å². The van der Waals surface area contributed by atoms with Gasteiger partial charge in [-0.25, -0.2) is 4.79 Å². The molecule has 1 N–H and O–H groups in total. The van der Waals surface area contributed by atoms with Crippen LogP contribution < -0.4 is 0 Å². The van der Waals surface area contributed by atoms with Crippen LogP contribution in [0.1, 0.15) is 58.3 Å². The number of Topliss-reactive ketones (excluding diaryl/α,β-unsaturated/α-hetero) is 1. The number of hydrogen-bond donors (Lipinski definition) is 1. The highest BCUT2D eigenvalue weighted by molar-refractivity contribution is 7.87. The molecular weight excluding hydrogens is 529 g/mol. The molecule has 4 fully saturated rings. The van der Waals surface area contributed by atoms with Gasteiger partial charge < -0.3 is 9.47 Å². The lowest BCUT2D eigenvalue weighted by Crippen LogP contribution is -2.59. The summed E-state index contributed by atoms with van der Waals surface area (Å²) in [5.41, 5.74) is -5.20. The van der Waals surface area contributed by atoms with E-state index in [2.05, 4.69) is 9.47 Å². The third kappa shape index (κ3) is 4.98. The molecule has 4 bridgehead atoms. The fourth-order valence-electron chi connectivity index (χ4n) is 6.28. The van der Waals surface area contributed by atoms with E-state index in [0.717, 1.165) is 26.2 Å². The lowest BCUT2D eigenvalue weighted by Gasteiger charge is -2.56. The average molecular weight is 556 g/mol. The monoisotopic (exact) mass is 556 g/mol. The molecule has 0 heterocycles. The Hall–Kier alpha value is -1.48. The summed E-state index contributed by atoms with van der Waals surface area (Å²) in [6.45, 7) is -1.34. The van der Waals surface area contributed by atoms with Crippen LogP contribution in [-0.4, -0.2) is 60.9 Å². The van der Waals surface area contributed by atoms with Gasteiger partial charge in [0.15, 0.2) is 0 Å². The molecule has 0 aromatic carbocycles. The Balaban J connectivity index is 1.88. The van der Waals surface area contributed by atoms with Gasteiger partial charge in [-0.05, 0) is 63.2 Å². The number of halogens is 7. The average Bonchev–Trinajstić information content (AvgIpc) is 2.70. The van der Waals surface area contributed by atoms with Crippen molar-refractivity contribution < 1.29 is 62.8 Å². The van der Waals surface area contributed by atoms with Crippen molar-refractivity contribution in [2.24, 2.45) is 23.2 Å². The number of carbonyl (C=O) groups excluding carboxylic acids is 2. The molecule has 15 heteroatoms. The van der Waals surface area contributed by atoms with Crippen molar-refractivity contribution in [3.8, 4) is 0 Å². The van der Waals surface area contributed by atoms with Crippen molar-refractivity contribution in [3.05, 3.63) is 0 Å². The van der Waals surface area contributed by atoms with Gasteiger partial charge in [-0.3, -0.25) is 9.35 Å². The van der Waals surface area contributed by atoms with Crippen LogP contribution in [0.15, 0.2) is 0 Å². The molecule has 4 rings (SSSR count). The smallest absolute Gasteiger partial charge is 0.431 e. The van der Waals surface area contributed by atoms with Crippen molar-refractivity contribution in [1.29, 1.82) is 0 Å². The van der Waals surface area contributed by atoms with Gasteiger partial charge in [-0.15, -0.1) is 0 Å². The summed E-state index contributed by atoms with van der Waals surface area (Å²) in [7, 11) is -6.63. The number of ether oxygens (including phenoxy) is 2. The first-order valence-corrected chi connectivity index (χ1v) is 12.9. The van der Waals surface area contributed by atoms with Crippen LogP contribution in [0.25, 0.3) is 0 Å². The number of hydrogen-bond acceptors (Lipinski definition) is 6. The molecule has 0 amide bonds. The predicted molar refractivity (Wildman–Crippen MR) is 108 cm³/mol. The molecule has 0 aromatic heterocycles. The number of esters is 1. The number of carbonyl (C=O) groups is 2. The van der Waals surface area contributed by atoms with E-state index in [1.165, 1.54) is 0 Å². The summed E-state index contributed by atoms with van der Waals surface area (Å²) in [5, 5.41) is -6.04. The Morgan fingerprint density at radius 3 is 1.81 bits per heavy atom. The van der Waals surface area contributed by atoms with Crippen LogP contribution >= 0.6 is 0 Å². The van der Waals surface area contributed by atoms with Crippen LogP contribution in [0, 0.1) is 23.2 Å². The fraction of sp³-hybridized carbons (Fsp3) is 0.905. The van der Waals surface area contributed by atoms with Gasteiger partial charge in [0.2, 0.25) is 0 Å². The third-order valence-corrected chi connectivity index (χ3v) is 8.56. The molecule has 4 aliphatic rings. The Labute approximate surface area is 202 Å². The topological polar surface area (TPSA) is 107 Å². The molecular formula is C21H27F7O7S. The highest BCUT2D eigenvalue weighted by Crippen LogP contribution is 2.61. The minimum atomic E-state index is -6.63. The summed E-state index contributed by atoms with van der Waals surface area (Å²) >= 11 is 0. The summed E-state index contributed by atoms with van der Waals surface area (Å²) < 4.78 is 136. The van der Waals surface area contributed by atoms with E-state index in [9.17, 15) is 48.7 Å². The van der Waals surface area contributed by atoms with Gasteiger partial charge in [0.25, 0.3) is 5.60 Å². The molecule has 0 spiro atoms. The summed E-state index contributed by atoms with van der Waals surface area (Å²) in [6, 6.07) is 0. The minimum Gasteiger partial charge on any atom is -0.464 e. The zero-order chi connectivity index (χ0) is 27.4. The molecule has 4 aliphatic carbocycles. The van der Waals surface area contributed by atoms with Gasteiger partial charge in [0, 0.05) is 11.8 Å². The van der Waals surface area contributed by atoms with Crippen molar-refractivity contribution in [1.82, 2.24) is 0 Å². The van der Waals surface area contributed by atoms with Crippen LogP contribution in [-0.2, 0) is 29.2 Å². The second-order valence-electron chi connectivity index (χ2n) is 10.1. The summed E-state index contributed by atoms with van der Waals surface area (Å²) in [6.07, 6.45) is -6.05. The number of rotatable bonds is 11. The molecule has 0 saturated heterocycles. The van der Waals surface area contributed by atoms with Gasteiger partial charge in [0.1, 0.15) is 5.78 Å². The predicted octanol–water partition coefficient (Wildman–Crippen LogP) is 4.55. The molecule has 4 saturated carbocycles. The van der Waals surface area contributed by atoms with E-state index < -0.39 is 76.3 Å². The van der Waals surface area contributed by atoms with E-state index in [0.29, 0.717) is 19.3 Å². The normalized spacial score (nSPS) is 30.2. The minimum absolute atomic E-state index is 0.144. The fourth-order valence-corrected chi connectivity index (χ4v) is 6.76. The number of ketones is 1. The molecule has 1 atom stereocenters. The Kier molecular flexibility index (Phi) is 7.57. The van der Waals surface area contributed by atoms with Gasteiger partial charge in [0.05, 0.1) is 19.6 Å². The van der Waals surface area contributed by atoms with Crippen molar-refractivity contribution in [2.45, 2.75) is 81.2 Å². The van der Waals surface area contributed by atoms with Crippen molar-refractivity contribution in [2.75, 3.05) is 13.2 Å². The van der Waals surface area contributed by atoms with E-state index in [1.54, 1.807) is 0 Å². The Morgan fingerprint density at radius 1 is 0.944 bits per heavy atom. The Morgan fingerprint density at radius 2 is 1.42 bits per heavy atom. The summed E-state index contributed by atoms with van der Waals surface area (Å²) in [4.78, 5) is 25.8. The van der Waals surface area contributed by atoms with Crippen LogP contribution in [0.5, 0.6) is 0 Å². The zero-order valence-electron chi connectivity index (χ0n) is 19.3. The largest absolute Gasteiger partial charge is 0.464 e. The Bertz CT molecular complexity index is 944. The van der Waals surface area contributed by atoms with Gasteiger partial charge in [-0.2, -0.15) is 39.2 Å². The molecule has 0 aliphatic heterocycles. The second-order valence-corrected chi connectivity index (χ2v) is 11.6. The second kappa shape index (κ2) is 9.37. The van der Waals surface area contributed by atoms with E-state index >= 15 is 0 Å². The van der Waals surface area contributed by atoms with Crippen LogP contribution in [0.4, 0.5) is 30.7 Å². The molecule has 208 valence electrons. The first-order chi connectivity index (χ1) is 16.3. The van der Waals surface area contributed by atoms with Gasteiger partial charge >= 0.3 is 33.4 Å². The van der Waals surface area contributed by atoms with Crippen molar-refractivity contribution in [3.63, 3.8) is 0 Å². The van der Waals surface area contributed by atoms with Crippen molar-refractivity contribution >= 4 is 21.9 Å². The molecule has 7 nitrogen and oxygen atoms in total. The molecule has 0 aromatic rings. The lowest BCUT2D eigenvalue weighted by molar-refractivity contribution is -0.283. The van der Waals surface area contributed by atoms with E-state index in [1.807, 2.05) is 0 Å². The maximum Gasteiger partial charge on any atom is 0.431 e. The quantitative estimate of drug-likeness (QED) is 0.226. The highest BCUT2D eigenvalue weighted by Gasteiger charge is 2.68.